The van der Waals surface area contributed by atoms with E-state index in [-0.39, 0.29) is 28.6 Å². The van der Waals surface area contributed by atoms with E-state index in [1.165, 1.54) is 13.2 Å². The Labute approximate surface area is 235 Å². The number of fused-ring (bicyclic) bond motifs is 2. The van der Waals surface area contributed by atoms with Crippen molar-refractivity contribution in [2.45, 2.75) is 0 Å². The number of carbonyl (C=O) groups is 2. The van der Waals surface area contributed by atoms with Crippen LogP contribution in [-0.2, 0) is 0 Å². The minimum Gasteiger partial charge on any atom is -0.497 e. The number of rotatable bonds is 7. The number of allylic oxidation sites excluding steroid dienone is 1. The van der Waals surface area contributed by atoms with E-state index in [9.17, 15) is 9.59 Å². The largest absolute Gasteiger partial charge is 0.497 e. The lowest BCUT2D eigenvalue weighted by Gasteiger charge is -2.08. The Balaban J connectivity index is 1.31. The zero-order valence-corrected chi connectivity index (χ0v) is 22.4. The maximum Gasteiger partial charge on any atom is 0.348 e. The second-order valence-electron chi connectivity index (χ2n) is 9.14. The first kappa shape index (κ1) is 25.8. The van der Waals surface area contributed by atoms with Crippen LogP contribution < -0.4 is 23.7 Å². The summed E-state index contributed by atoms with van der Waals surface area (Å²) < 4.78 is 33.7. The zero-order valence-electron chi connectivity index (χ0n) is 22.4. The first-order valence-corrected chi connectivity index (χ1v) is 12.7. The molecule has 0 atom stereocenters. The molecule has 0 radical (unpaired) electrons. The first-order chi connectivity index (χ1) is 20.0. The number of ketones is 1. The standard InChI is InChI=1S/C33H24O8/c1-36-21-11-14-25-24(17-21)30(32(41-25)20-7-5-4-6-8-20)33(35)39-22-10-12-23-27(18-22)40-29(31(23)34)16-19-9-13-26(37-2)28(15-19)38-3/h4-18H,1-3H3. The van der Waals surface area contributed by atoms with Crippen LogP contribution in [0.4, 0.5) is 0 Å². The number of methoxy groups -OCH3 is 3. The van der Waals surface area contributed by atoms with Crippen LogP contribution in [0.2, 0.25) is 0 Å². The fourth-order valence-electron chi connectivity index (χ4n) is 4.68. The van der Waals surface area contributed by atoms with E-state index in [1.807, 2.05) is 30.3 Å². The van der Waals surface area contributed by atoms with Crippen LogP contribution in [0.5, 0.6) is 28.7 Å². The van der Waals surface area contributed by atoms with Crippen molar-refractivity contribution in [3.05, 3.63) is 107 Å². The minimum atomic E-state index is -0.624. The highest BCUT2D eigenvalue weighted by molar-refractivity contribution is 6.15. The van der Waals surface area contributed by atoms with Gasteiger partial charge in [-0.15, -0.1) is 0 Å². The van der Waals surface area contributed by atoms with Crippen molar-refractivity contribution in [3.8, 4) is 40.1 Å². The van der Waals surface area contributed by atoms with Crippen LogP contribution in [0.3, 0.4) is 0 Å². The molecule has 0 aliphatic carbocycles. The van der Waals surface area contributed by atoms with E-state index in [0.29, 0.717) is 45.1 Å². The molecule has 4 aromatic carbocycles. The van der Waals surface area contributed by atoms with Crippen LogP contribution in [0, 0.1) is 0 Å². The van der Waals surface area contributed by atoms with Crippen molar-refractivity contribution >= 4 is 28.8 Å². The third-order valence-electron chi connectivity index (χ3n) is 6.69. The Morgan fingerprint density at radius 3 is 2.32 bits per heavy atom. The third kappa shape index (κ3) is 4.76. The molecule has 8 nitrogen and oxygen atoms in total. The van der Waals surface area contributed by atoms with Crippen LogP contribution in [0.25, 0.3) is 28.4 Å². The van der Waals surface area contributed by atoms with E-state index < -0.39 is 5.97 Å². The molecular weight excluding hydrogens is 524 g/mol. The Hall–Kier alpha value is -5.50. The molecule has 0 unspecified atom stereocenters. The van der Waals surface area contributed by atoms with Crippen molar-refractivity contribution in [2.24, 2.45) is 0 Å². The van der Waals surface area contributed by atoms with Gasteiger partial charge < -0.3 is 28.1 Å². The summed E-state index contributed by atoms with van der Waals surface area (Å²) in [6.45, 7) is 0. The van der Waals surface area contributed by atoms with E-state index in [2.05, 4.69) is 0 Å². The van der Waals surface area contributed by atoms with Gasteiger partial charge >= 0.3 is 5.97 Å². The van der Waals surface area contributed by atoms with E-state index in [1.54, 1.807) is 68.8 Å². The van der Waals surface area contributed by atoms with Crippen LogP contribution in [-0.4, -0.2) is 33.1 Å². The van der Waals surface area contributed by atoms with Gasteiger partial charge in [0, 0.05) is 17.0 Å². The molecule has 204 valence electrons. The van der Waals surface area contributed by atoms with Gasteiger partial charge in [0.05, 0.1) is 26.9 Å². The lowest BCUT2D eigenvalue weighted by atomic mass is 10.1. The van der Waals surface area contributed by atoms with Crippen molar-refractivity contribution in [1.29, 1.82) is 0 Å². The molecule has 8 heteroatoms. The van der Waals surface area contributed by atoms with Crippen LogP contribution in [0.1, 0.15) is 26.3 Å². The fourth-order valence-corrected chi connectivity index (χ4v) is 4.68. The smallest absolute Gasteiger partial charge is 0.348 e. The number of carbonyl (C=O) groups excluding carboxylic acids is 2. The van der Waals surface area contributed by atoms with Crippen molar-refractivity contribution in [3.63, 3.8) is 0 Å². The molecule has 0 bridgehead atoms. The van der Waals surface area contributed by atoms with Crippen molar-refractivity contribution in [1.82, 2.24) is 0 Å². The molecule has 0 fully saturated rings. The number of hydrogen-bond acceptors (Lipinski definition) is 8. The highest BCUT2D eigenvalue weighted by Crippen LogP contribution is 2.39. The van der Waals surface area contributed by atoms with Gasteiger partial charge in [-0.25, -0.2) is 4.79 Å². The van der Waals surface area contributed by atoms with Crippen LogP contribution >= 0.6 is 0 Å². The summed E-state index contributed by atoms with van der Waals surface area (Å²) in [5.74, 6) is 1.78. The maximum absolute atomic E-state index is 13.6. The molecule has 1 aliphatic rings. The monoisotopic (exact) mass is 548 g/mol. The summed E-state index contributed by atoms with van der Waals surface area (Å²) in [5.41, 5.74) is 2.56. The molecule has 0 amide bonds. The number of furan rings is 1. The Bertz CT molecular complexity index is 1830. The number of Topliss-reactive ketones (excluding diaryl/α,β-unsaturated/α-hetero) is 1. The average Bonchev–Trinajstić information content (AvgIpc) is 3.54. The molecule has 0 saturated heterocycles. The lowest BCUT2D eigenvalue weighted by molar-refractivity contribution is 0.0736. The topological polar surface area (TPSA) is 93.4 Å². The van der Waals surface area contributed by atoms with Gasteiger partial charge in [-0.2, -0.15) is 0 Å². The van der Waals surface area contributed by atoms with E-state index >= 15 is 0 Å². The van der Waals surface area contributed by atoms with Gasteiger partial charge in [0.2, 0.25) is 5.78 Å². The van der Waals surface area contributed by atoms with Gasteiger partial charge in [0.15, 0.2) is 17.3 Å². The van der Waals surface area contributed by atoms with E-state index in [0.717, 1.165) is 5.56 Å². The maximum atomic E-state index is 13.6. The average molecular weight is 549 g/mol. The number of benzene rings is 4. The minimum absolute atomic E-state index is 0.134. The molecule has 1 aromatic heterocycles. The van der Waals surface area contributed by atoms with Gasteiger partial charge in [0.25, 0.3) is 0 Å². The number of esters is 1. The summed E-state index contributed by atoms with van der Waals surface area (Å²) in [4.78, 5) is 26.6. The zero-order chi connectivity index (χ0) is 28.5. The highest BCUT2D eigenvalue weighted by Gasteiger charge is 2.29. The van der Waals surface area contributed by atoms with Gasteiger partial charge in [-0.05, 0) is 54.1 Å². The highest BCUT2D eigenvalue weighted by atomic mass is 16.5. The molecule has 6 rings (SSSR count). The Morgan fingerprint density at radius 1 is 0.780 bits per heavy atom. The SMILES string of the molecule is COc1ccc2oc(-c3ccccc3)c(C(=O)Oc3ccc4c(c3)OC(=Cc3ccc(OC)c(OC)c3)C4=O)c2c1. The summed E-state index contributed by atoms with van der Waals surface area (Å²) in [7, 11) is 4.64. The second kappa shape index (κ2) is 10.6. The molecule has 0 spiro atoms. The molecule has 41 heavy (non-hydrogen) atoms. The molecule has 1 aliphatic heterocycles. The van der Waals surface area contributed by atoms with E-state index in [4.69, 9.17) is 28.1 Å². The first-order valence-electron chi connectivity index (χ1n) is 12.7. The van der Waals surface area contributed by atoms with Gasteiger partial charge in [0.1, 0.15) is 34.2 Å². The Kier molecular flexibility index (Phi) is 6.65. The number of ether oxygens (including phenoxy) is 5. The van der Waals surface area contributed by atoms with Crippen molar-refractivity contribution < 1.29 is 37.7 Å². The van der Waals surface area contributed by atoms with Gasteiger partial charge in [-0.3, -0.25) is 4.79 Å². The molecule has 0 N–H and O–H groups in total. The number of hydrogen-bond donors (Lipinski definition) is 0. The predicted octanol–water partition coefficient (Wildman–Crippen LogP) is 6.96. The fraction of sp³-hybridized carbons (Fsp3) is 0.0909. The Morgan fingerprint density at radius 2 is 1.56 bits per heavy atom. The molecule has 2 heterocycles. The van der Waals surface area contributed by atoms with Crippen LogP contribution in [0.15, 0.2) is 95.1 Å². The second-order valence-corrected chi connectivity index (χ2v) is 9.14. The summed E-state index contributed by atoms with van der Waals surface area (Å²) >= 11 is 0. The molecule has 0 saturated carbocycles. The molecule has 5 aromatic rings. The summed E-state index contributed by atoms with van der Waals surface area (Å²) in [6, 6.07) is 24.5. The predicted molar refractivity (Wildman–Crippen MR) is 152 cm³/mol. The van der Waals surface area contributed by atoms with Crippen molar-refractivity contribution in [2.75, 3.05) is 21.3 Å². The third-order valence-corrected chi connectivity index (χ3v) is 6.69. The van der Waals surface area contributed by atoms with Gasteiger partial charge in [-0.1, -0.05) is 36.4 Å². The quantitative estimate of drug-likeness (QED) is 0.122. The molecular formula is C33H24O8. The summed E-state index contributed by atoms with van der Waals surface area (Å²) in [6.07, 6.45) is 1.62. The lowest BCUT2D eigenvalue weighted by Crippen LogP contribution is -2.09. The normalized spacial score (nSPS) is 13.1. The summed E-state index contributed by atoms with van der Waals surface area (Å²) in [5, 5.41) is 0.556.